The zero-order valence-electron chi connectivity index (χ0n) is 15.0. The van der Waals surface area contributed by atoms with Crippen LogP contribution >= 0.6 is 23.2 Å². The van der Waals surface area contributed by atoms with Crippen LogP contribution in [0.25, 0.3) is 5.69 Å². The summed E-state index contributed by atoms with van der Waals surface area (Å²) in [6.45, 7) is 0.968. The Labute approximate surface area is 167 Å². The van der Waals surface area contributed by atoms with Gasteiger partial charge in [-0.05, 0) is 26.8 Å². The van der Waals surface area contributed by atoms with Crippen molar-refractivity contribution >= 4 is 29.2 Å². The number of carbonyl (C=O) groups is 1. The first-order valence-electron chi connectivity index (χ1n) is 7.95. The third-order valence-electron chi connectivity index (χ3n) is 3.58. The van der Waals surface area contributed by atoms with E-state index in [1.165, 1.54) is 13.8 Å². The molecule has 154 valence electrons. The largest absolute Gasteiger partial charge is 0.477 e. The predicted molar refractivity (Wildman–Crippen MR) is 95.1 cm³/mol. The number of hydrogen-bond acceptors (Lipinski definition) is 5. The van der Waals surface area contributed by atoms with Gasteiger partial charge >= 0.3 is 18.2 Å². The molecule has 0 amide bonds. The molecule has 0 N–H and O–H groups in total. The monoisotopic (exact) mass is 441 g/mol. The lowest BCUT2D eigenvalue weighted by atomic mass is 10.2. The van der Waals surface area contributed by atoms with E-state index in [0.29, 0.717) is 4.68 Å². The van der Waals surface area contributed by atoms with Gasteiger partial charge in [-0.15, -0.1) is 16.7 Å². The SMILES string of the molecule is Cc1nn(-c2cc(OC(C)C(=O)OC(C)CCl)c(Cl)cc2F)c(=O)n1C(F)F. The van der Waals surface area contributed by atoms with Crippen molar-refractivity contribution in [3.05, 3.63) is 39.3 Å². The molecule has 0 fully saturated rings. The van der Waals surface area contributed by atoms with Crippen LogP contribution in [-0.2, 0) is 9.53 Å². The van der Waals surface area contributed by atoms with Gasteiger partial charge in [0.05, 0.1) is 10.9 Å². The molecule has 28 heavy (non-hydrogen) atoms. The Bertz CT molecular complexity index is 933. The fourth-order valence-electron chi connectivity index (χ4n) is 2.19. The number of alkyl halides is 3. The van der Waals surface area contributed by atoms with Gasteiger partial charge < -0.3 is 9.47 Å². The minimum atomic E-state index is -3.15. The summed E-state index contributed by atoms with van der Waals surface area (Å²) in [7, 11) is 0. The van der Waals surface area contributed by atoms with Crippen molar-refractivity contribution in [1.29, 1.82) is 0 Å². The quantitative estimate of drug-likeness (QED) is 0.485. The van der Waals surface area contributed by atoms with Gasteiger partial charge in [0, 0.05) is 6.07 Å². The van der Waals surface area contributed by atoms with Crippen LogP contribution in [0.1, 0.15) is 26.2 Å². The zero-order chi connectivity index (χ0) is 21.2. The van der Waals surface area contributed by atoms with Crippen molar-refractivity contribution in [2.45, 2.75) is 39.5 Å². The average molecular weight is 442 g/mol. The molecule has 0 saturated heterocycles. The highest BCUT2D eigenvalue weighted by molar-refractivity contribution is 6.32. The second-order valence-electron chi connectivity index (χ2n) is 5.79. The molecule has 0 aliphatic rings. The summed E-state index contributed by atoms with van der Waals surface area (Å²) < 4.78 is 51.2. The molecule has 7 nitrogen and oxygen atoms in total. The molecule has 0 aliphatic heterocycles. The summed E-state index contributed by atoms with van der Waals surface area (Å²) in [5.41, 5.74) is -1.72. The minimum Gasteiger partial charge on any atom is -0.477 e. The van der Waals surface area contributed by atoms with Gasteiger partial charge in [0.15, 0.2) is 11.9 Å². The lowest BCUT2D eigenvalue weighted by Crippen LogP contribution is -2.30. The third-order valence-corrected chi connectivity index (χ3v) is 4.31. The Hall–Kier alpha value is -2.20. The van der Waals surface area contributed by atoms with Crippen LogP contribution in [0.15, 0.2) is 16.9 Å². The van der Waals surface area contributed by atoms with Gasteiger partial charge in [-0.3, -0.25) is 0 Å². The maximum absolute atomic E-state index is 14.3. The molecule has 12 heteroatoms. The van der Waals surface area contributed by atoms with Crippen LogP contribution in [0.5, 0.6) is 5.75 Å². The van der Waals surface area contributed by atoms with Gasteiger partial charge in [0.1, 0.15) is 23.4 Å². The number of ether oxygens (including phenoxy) is 2. The van der Waals surface area contributed by atoms with Gasteiger partial charge in [-0.2, -0.15) is 13.5 Å². The van der Waals surface area contributed by atoms with Crippen molar-refractivity contribution in [2.75, 3.05) is 5.88 Å². The number of nitrogens with zero attached hydrogens (tertiary/aromatic N) is 3. The van der Waals surface area contributed by atoms with E-state index in [0.717, 1.165) is 12.1 Å². The van der Waals surface area contributed by atoms with E-state index in [4.69, 9.17) is 32.7 Å². The topological polar surface area (TPSA) is 75.4 Å². The molecule has 0 aliphatic carbocycles. The van der Waals surface area contributed by atoms with E-state index in [2.05, 4.69) is 5.10 Å². The predicted octanol–water partition coefficient (Wildman–Crippen LogP) is 3.47. The van der Waals surface area contributed by atoms with E-state index in [1.807, 2.05) is 0 Å². The molecule has 0 spiro atoms. The van der Waals surface area contributed by atoms with Gasteiger partial charge in [-0.25, -0.2) is 18.5 Å². The Kier molecular flexibility index (Phi) is 7.00. The van der Waals surface area contributed by atoms with Crippen molar-refractivity contribution in [2.24, 2.45) is 0 Å². The molecule has 2 rings (SSSR count). The Balaban J connectivity index is 2.39. The highest BCUT2D eigenvalue weighted by Gasteiger charge is 2.24. The Morgan fingerprint density at radius 2 is 1.96 bits per heavy atom. The maximum atomic E-state index is 14.3. The highest BCUT2D eigenvalue weighted by Crippen LogP contribution is 2.30. The molecule has 1 aromatic heterocycles. The van der Waals surface area contributed by atoms with Crippen LogP contribution in [0.2, 0.25) is 5.02 Å². The van der Waals surface area contributed by atoms with Crippen LogP contribution in [0.3, 0.4) is 0 Å². The first kappa shape index (κ1) is 22.1. The van der Waals surface area contributed by atoms with E-state index < -0.39 is 41.9 Å². The Morgan fingerprint density at radius 3 is 2.50 bits per heavy atom. The van der Waals surface area contributed by atoms with Crippen LogP contribution < -0.4 is 10.4 Å². The number of hydrogen-bond donors (Lipinski definition) is 0. The first-order chi connectivity index (χ1) is 13.1. The second kappa shape index (κ2) is 8.87. The molecule has 1 aromatic carbocycles. The number of carbonyl (C=O) groups excluding carboxylic acids is 1. The van der Waals surface area contributed by atoms with Crippen molar-refractivity contribution in [1.82, 2.24) is 14.3 Å². The van der Waals surface area contributed by atoms with Crippen LogP contribution in [0, 0.1) is 12.7 Å². The van der Waals surface area contributed by atoms with Gasteiger partial charge in [0.2, 0.25) is 0 Å². The number of rotatable bonds is 7. The standard InChI is InChI=1S/C16H16Cl2F3N3O4/c1-7(6-17)27-14(25)8(2)28-13-5-12(11(19)4-10(13)18)24-16(26)23(15(20)21)9(3)22-24/h4-5,7-8,15H,6H2,1-3H3. The number of halogens is 5. The zero-order valence-corrected chi connectivity index (χ0v) is 16.5. The molecule has 1 heterocycles. The number of esters is 1. The van der Waals surface area contributed by atoms with Crippen LogP contribution in [-0.4, -0.2) is 38.4 Å². The van der Waals surface area contributed by atoms with E-state index in [1.54, 1.807) is 6.92 Å². The second-order valence-corrected chi connectivity index (χ2v) is 6.50. The molecule has 2 atom stereocenters. The highest BCUT2D eigenvalue weighted by atomic mass is 35.5. The fourth-order valence-corrected chi connectivity index (χ4v) is 2.45. The number of aryl methyl sites for hydroxylation is 1. The summed E-state index contributed by atoms with van der Waals surface area (Å²) >= 11 is 11.5. The molecular weight excluding hydrogens is 426 g/mol. The van der Waals surface area contributed by atoms with Crippen LogP contribution in [0.4, 0.5) is 13.2 Å². The molecule has 2 unspecified atom stereocenters. The summed E-state index contributed by atoms with van der Waals surface area (Å²) in [6.07, 6.45) is -1.70. The van der Waals surface area contributed by atoms with Crippen molar-refractivity contribution in [3.63, 3.8) is 0 Å². The van der Waals surface area contributed by atoms with E-state index in [9.17, 15) is 22.8 Å². The lowest BCUT2D eigenvalue weighted by Gasteiger charge is -2.18. The summed E-state index contributed by atoms with van der Waals surface area (Å²) in [5.74, 6) is -2.15. The van der Waals surface area contributed by atoms with Crippen molar-refractivity contribution in [3.8, 4) is 11.4 Å². The molecule has 0 bridgehead atoms. The smallest absolute Gasteiger partial charge is 0.355 e. The fraction of sp³-hybridized carbons (Fsp3) is 0.438. The molecule has 0 radical (unpaired) electrons. The summed E-state index contributed by atoms with van der Waals surface area (Å²) in [4.78, 5) is 24.1. The van der Waals surface area contributed by atoms with E-state index >= 15 is 0 Å². The summed E-state index contributed by atoms with van der Waals surface area (Å²) in [6, 6.07) is 1.80. The number of aromatic nitrogens is 3. The lowest BCUT2D eigenvalue weighted by molar-refractivity contribution is -0.154. The van der Waals surface area contributed by atoms with Gasteiger partial charge in [-0.1, -0.05) is 11.6 Å². The van der Waals surface area contributed by atoms with E-state index in [-0.39, 0.29) is 27.0 Å². The third kappa shape index (κ3) is 4.61. The average Bonchev–Trinajstić information content (AvgIpc) is 2.91. The maximum Gasteiger partial charge on any atom is 0.355 e. The Morgan fingerprint density at radius 1 is 1.32 bits per heavy atom. The molecule has 2 aromatic rings. The first-order valence-corrected chi connectivity index (χ1v) is 8.86. The van der Waals surface area contributed by atoms with Gasteiger partial charge in [0.25, 0.3) is 0 Å². The molecule has 0 saturated carbocycles. The minimum absolute atomic E-state index is 0.0783. The summed E-state index contributed by atoms with van der Waals surface area (Å²) in [5, 5.41) is 3.44. The van der Waals surface area contributed by atoms with Crippen molar-refractivity contribution < 1.29 is 27.4 Å². The normalized spacial score (nSPS) is 13.5. The molecular formula is C16H16Cl2F3N3O4. The number of benzene rings is 1.